The lowest BCUT2D eigenvalue weighted by atomic mass is 9.84. The van der Waals surface area contributed by atoms with Gasteiger partial charge in [-0.3, -0.25) is 4.79 Å². The summed E-state index contributed by atoms with van der Waals surface area (Å²) in [5.41, 5.74) is -3.96. The molecule has 0 aromatic carbocycles. The standard InChI is InChI=1S/C9H12N6O3/c1-8(17,5-3-10-14-12-5)7(16)9(2,18)6-4-11-15-13-6/h3-4,17-18H,1-2H3,(H,10,12,14)(H,11,13,15). The Kier molecular flexibility index (Phi) is 2.71. The molecule has 0 radical (unpaired) electrons. The minimum Gasteiger partial charge on any atom is -0.376 e. The zero-order valence-corrected chi connectivity index (χ0v) is 9.75. The van der Waals surface area contributed by atoms with Gasteiger partial charge in [-0.25, -0.2) is 0 Å². The van der Waals surface area contributed by atoms with Crippen LogP contribution in [0.25, 0.3) is 0 Å². The van der Waals surface area contributed by atoms with E-state index in [9.17, 15) is 15.0 Å². The molecular weight excluding hydrogens is 240 g/mol. The topological polar surface area (TPSA) is 141 Å². The van der Waals surface area contributed by atoms with Crippen molar-refractivity contribution in [3.63, 3.8) is 0 Å². The number of rotatable bonds is 4. The van der Waals surface area contributed by atoms with E-state index in [1.165, 1.54) is 26.2 Å². The SMILES string of the molecule is CC(O)(C(=O)C(C)(O)c1cn[nH]n1)c1cn[nH]n1. The molecular formula is C9H12N6O3. The lowest BCUT2D eigenvalue weighted by Crippen LogP contribution is -2.46. The monoisotopic (exact) mass is 252 g/mol. The Hall–Kier alpha value is -2.13. The second-order valence-electron chi connectivity index (χ2n) is 4.18. The number of aromatic amines is 2. The summed E-state index contributed by atoms with van der Waals surface area (Å²) >= 11 is 0. The van der Waals surface area contributed by atoms with E-state index in [1.807, 2.05) is 0 Å². The van der Waals surface area contributed by atoms with Crippen LogP contribution in [-0.2, 0) is 16.0 Å². The van der Waals surface area contributed by atoms with E-state index in [0.717, 1.165) is 0 Å². The number of aromatic nitrogens is 6. The second-order valence-corrected chi connectivity index (χ2v) is 4.18. The summed E-state index contributed by atoms with van der Waals surface area (Å²) < 4.78 is 0. The minimum absolute atomic E-state index is 0.0104. The summed E-state index contributed by atoms with van der Waals surface area (Å²) in [4.78, 5) is 12.2. The Labute approximate surface area is 101 Å². The van der Waals surface area contributed by atoms with Crippen LogP contribution >= 0.6 is 0 Å². The number of ketones is 1. The van der Waals surface area contributed by atoms with E-state index in [4.69, 9.17) is 0 Å². The highest BCUT2D eigenvalue weighted by molar-refractivity contribution is 5.94. The molecule has 2 heterocycles. The van der Waals surface area contributed by atoms with Crippen LogP contribution in [0, 0.1) is 0 Å². The van der Waals surface area contributed by atoms with Crippen LogP contribution < -0.4 is 0 Å². The third kappa shape index (κ3) is 1.79. The van der Waals surface area contributed by atoms with Gasteiger partial charge in [0.25, 0.3) is 0 Å². The van der Waals surface area contributed by atoms with E-state index < -0.39 is 17.0 Å². The molecule has 0 fully saturated rings. The van der Waals surface area contributed by atoms with E-state index in [1.54, 1.807) is 0 Å². The van der Waals surface area contributed by atoms with Gasteiger partial charge >= 0.3 is 0 Å². The van der Waals surface area contributed by atoms with Gasteiger partial charge < -0.3 is 10.2 Å². The molecule has 0 bridgehead atoms. The number of Topliss-reactive ketones (excluding diaryl/α,β-unsaturated/α-hetero) is 1. The van der Waals surface area contributed by atoms with Crippen LogP contribution in [0.3, 0.4) is 0 Å². The lowest BCUT2D eigenvalue weighted by molar-refractivity contribution is -0.156. The number of nitrogens with one attached hydrogen (secondary N) is 2. The largest absolute Gasteiger partial charge is 0.376 e. The molecule has 9 nitrogen and oxygen atoms in total. The molecule has 2 rings (SSSR count). The molecule has 0 aliphatic rings. The van der Waals surface area contributed by atoms with Crippen molar-refractivity contribution in [1.29, 1.82) is 0 Å². The van der Waals surface area contributed by atoms with Crippen LogP contribution in [0.5, 0.6) is 0 Å². The maximum Gasteiger partial charge on any atom is 0.207 e. The van der Waals surface area contributed by atoms with Gasteiger partial charge in [-0.2, -0.15) is 30.8 Å². The number of hydrogen-bond acceptors (Lipinski definition) is 7. The van der Waals surface area contributed by atoms with Gasteiger partial charge in [-0.1, -0.05) is 0 Å². The quantitative estimate of drug-likeness (QED) is 0.524. The summed E-state index contributed by atoms with van der Waals surface area (Å²) in [7, 11) is 0. The fourth-order valence-electron chi connectivity index (χ4n) is 1.58. The van der Waals surface area contributed by atoms with Crippen molar-refractivity contribution < 1.29 is 15.0 Å². The number of hydrogen-bond donors (Lipinski definition) is 4. The zero-order chi connectivity index (χ0) is 13.4. The van der Waals surface area contributed by atoms with Crippen LogP contribution in [0.4, 0.5) is 0 Å². The summed E-state index contributed by atoms with van der Waals surface area (Å²) in [6.45, 7) is 2.45. The van der Waals surface area contributed by atoms with Crippen molar-refractivity contribution in [2.24, 2.45) is 0 Å². The average molecular weight is 252 g/mol. The first-order valence-electron chi connectivity index (χ1n) is 5.09. The molecule has 0 spiro atoms. The maximum atomic E-state index is 12.2. The molecule has 2 aromatic heterocycles. The lowest BCUT2D eigenvalue weighted by Gasteiger charge is -2.27. The van der Waals surface area contributed by atoms with E-state index in [0.29, 0.717) is 0 Å². The first kappa shape index (κ1) is 12.3. The Balaban J connectivity index is 2.37. The molecule has 0 saturated carbocycles. The molecule has 2 atom stereocenters. The first-order valence-corrected chi connectivity index (χ1v) is 5.09. The highest BCUT2D eigenvalue weighted by atomic mass is 16.3. The Morgan fingerprint density at radius 1 is 1.06 bits per heavy atom. The molecule has 0 aliphatic carbocycles. The Morgan fingerprint density at radius 2 is 1.44 bits per heavy atom. The van der Waals surface area contributed by atoms with Crippen molar-refractivity contribution >= 4 is 5.78 Å². The molecule has 9 heteroatoms. The summed E-state index contributed by atoms with van der Waals surface area (Å²) in [5.74, 6) is -0.877. The van der Waals surface area contributed by atoms with Crippen LogP contribution in [0.15, 0.2) is 12.4 Å². The third-order valence-electron chi connectivity index (χ3n) is 2.71. The molecule has 18 heavy (non-hydrogen) atoms. The normalized spacial score (nSPS) is 18.0. The predicted molar refractivity (Wildman–Crippen MR) is 56.9 cm³/mol. The highest BCUT2D eigenvalue weighted by Crippen LogP contribution is 2.29. The van der Waals surface area contributed by atoms with Gasteiger partial charge in [0.2, 0.25) is 5.78 Å². The zero-order valence-electron chi connectivity index (χ0n) is 9.75. The molecule has 4 N–H and O–H groups in total. The molecule has 0 amide bonds. The van der Waals surface area contributed by atoms with Crippen molar-refractivity contribution in [3.8, 4) is 0 Å². The van der Waals surface area contributed by atoms with Gasteiger partial charge in [0.1, 0.15) is 11.4 Å². The van der Waals surface area contributed by atoms with Crippen molar-refractivity contribution in [2.45, 2.75) is 25.0 Å². The molecule has 0 saturated heterocycles. The van der Waals surface area contributed by atoms with Crippen LogP contribution in [0.1, 0.15) is 25.2 Å². The number of H-pyrrole nitrogens is 2. The highest BCUT2D eigenvalue weighted by Gasteiger charge is 2.47. The number of nitrogens with zero attached hydrogens (tertiary/aromatic N) is 4. The molecule has 2 unspecified atom stereocenters. The van der Waals surface area contributed by atoms with E-state index in [-0.39, 0.29) is 11.4 Å². The molecule has 96 valence electrons. The van der Waals surface area contributed by atoms with Gasteiger partial charge in [-0.05, 0) is 13.8 Å². The fraction of sp³-hybridized carbons (Fsp3) is 0.444. The van der Waals surface area contributed by atoms with Gasteiger partial charge in [0, 0.05) is 0 Å². The number of carbonyl (C=O) groups excluding carboxylic acids is 1. The smallest absolute Gasteiger partial charge is 0.207 e. The average Bonchev–Trinajstić information content (AvgIpc) is 3.00. The third-order valence-corrected chi connectivity index (χ3v) is 2.71. The Bertz CT molecular complexity index is 482. The Morgan fingerprint density at radius 3 is 1.72 bits per heavy atom. The van der Waals surface area contributed by atoms with Crippen molar-refractivity contribution in [3.05, 3.63) is 23.8 Å². The summed E-state index contributed by atoms with van der Waals surface area (Å²) in [6.07, 6.45) is 2.41. The van der Waals surface area contributed by atoms with Gasteiger partial charge in [0.15, 0.2) is 11.2 Å². The van der Waals surface area contributed by atoms with E-state index >= 15 is 0 Å². The maximum absolute atomic E-state index is 12.2. The summed E-state index contributed by atoms with van der Waals surface area (Å²) in [5, 5.41) is 39.3. The fourth-order valence-corrected chi connectivity index (χ4v) is 1.58. The summed E-state index contributed by atoms with van der Waals surface area (Å²) in [6, 6.07) is 0. The second kappa shape index (κ2) is 3.96. The molecule has 0 aliphatic heterocycles. The van der Waals surface area contributed by atoms with E-state index in [2.05, 4.69) is 30.8 Å². The minimum atomic E-state index is -1.99. The van der Waals surface area contributed by atoms with Gasteiger partial charge in [0.05, 0.1) is 12.4 Å². The van der Waals surface area contributed by atoms with Crippen LogP contribution in [-0.4, -0.2) is 46.8 Å². The van der Waals surface area contributed by atoms with Crippen LogP contribution in [0.2, 0.25) is 0 Å². The van der Waals surface area contributed by atoms with Crippen molar-refractivity contribution in [1.82, 2.24) is 30.8 Å². The first-order chi connectivity index (χ1) is 8.37. The van der Waals surface area contributed by atoms with Crippen molar-refractivity contribution in [2.75, 3.05) is 0 Å². The number of carbonyl (C=O) groups is 1. The molecule has 2 aromatic rings. The predicted octanol–water partition coefficient (Wildman–Crippen LogP) is -1.39. The van der Waals surface area contributed by atoms with Gasteiger partial charge in [-0.15, -0.1) is 0 Å². The number of aliphatic hydroxyl groups is 2.